The predicted molar refractivity (Wildman–Crippen MR) is 105 cm³/mol. The molecule has 5 heteroatoms. The number of nitrogens with one attached hydrogen (secondary N) is 2. The molecule has 0 aliphatic heterocycles. The van der Waals surface area contributed by atoms with Crippen molar-refractivity contribution in [3.63, 3.8) is 0 Å². The first-order valence-electron chi connectivity index (χ1n) is 9.02. The Labute approximate surface area is 155 Å². The van der Waals surface area contributed by atoms with Crippen LogP contribution in [0.25, 0.3) is 0 Å². The Morgan fingerprint density at radius 2 is 1.58 bits per heavy atom. The molecule has 0 saturated carbocycles. The number of carbonyl (C=O) groups is 2. The quantitative estimate of drug-likeness (QED) is 0.764. The van der Waals surface area contributed by atoms with E-state index in [4.69, 9.17) is 0 Å². The molecule has 0 radical (unpaired) electrons. The van der Waals surface area contributed by atoms with Crippen LogP contribution >= 0.6 is 0 Å². The zero-order valence-corrected chi connectivity index (χ0v) is 15.7. The summed E-state index contributed by atoms with van der Waals surface area (Å²) >= 11 is 0. The van der Waals surface area contributed by atoms with Crippen molar-refractivity contribution in [2.45, 2.75) is 26.8 Å². The van der Waals surface area contributed by atoms with Gasteiger partial charge in [0.05, 0.1) is 6.54 Å². The number of rotatable bonds is 8. The molecule has 2 rings (SSSR count). The molecule has 2 aromatic rings. The number of benzene rings is 2. The molecule has 0 spiro atoms. The van der Waals surface area contributed by atoms with Crippen LogP contribution < -0.4 is 10.6 Å². The number of amides is 2. The molecule has 0 bridgehead atoms. The van der Waals surface area contributed by atoms with Gasteiger partial charge in [0.2, 0.25) is 5.91 Å². The molecule has 1 atom stereocenters. The van der Waals surface area contributed by atoms with Gasteiger partial charge in [-0.1, -0.05) is 30.3 Å². The molecular formula is C21H27N3O2. The van der Waals surface area contributed by atoms with Crippen LogP contribution in [0.4, 0.5) is 5.69 Å². The van der Waals surface area contributed by atoms with Crippen LogP contribution in [0.1, 0.15) is 42.7 Å². The molecule has 2 amide bonds. The standard InChI is InChI=1S/C21H27N3O2/c1-4-24(5-2)21(26)18-11-13-19(14-12-18)23-20(25)15-22-16(3)17-9-7-6-8-10-17/h6-14,16,22H,4-5,15H2,1-3H3,(H,23,25)/t16-/m0/s1. The van der Waals surface area contributed by atoms with E-state index in [0.717, 1.165) is 5.56 Å². The van der Waals surface area contributed by atoms with Gasteiger partial charge in [-0.3, -0.25) is 9.59 Å². The summed E-state index contributed by atoms with van der Waals surface area (Å²) in [7, 11) is 0. The molecule has 0 saturated heterocycles. The highest BCUT2D eigenvalue weighted by molar-refractivity contribution is 5.96. The monoisotopic (exact) mass is 353 g/mol. The highest BCUT2D eigenvalue weighted by Crippen LogP contribution is 2.13. The molecule has 0 fully saturated rings. The average molecular weight is 353 g/mol. The Kier molecular flexibility index (Phi) is 7.36. The van der Waals surface area contributed by atoms with E-state index < -0.39 is 0 Å². The van der Waals surface area contributed by atoms with Gasteiger partial charge in [-0.05, 0) is 50.6 Å². The van der Waals surface area contributed by atoms with Crippen molar-refractivity contribution in [2.24, 2.45) is 0 Å². The van der Waals surface area contributed by atoms with Crippen LogP contribution in [-0.2, 0) is 4.79 Å². The zero-order chi connectivity index (χ0) is 18.9. The van der Waals surface area contributed by atoms with E-state index in [1.165, 1.54) is 0 Å². The number of hydrogen-bond donors (Lipinski definition) is 2. The lowest BCUT2D eigenvalue weighted by Crippen LogP contribution is -2.31. The van der Waals surface area contributed by atoms with E-state index in [2.05, 4.69) is 10.6 Å². The first kappa shape index (κ1) is 19.7. The van der Waals surface area contributed by atoms with Gasteiger partial charge in [0.15, 0.2) is 0 Å². The van der Waals surface area contributed by atoms with Gasteiger partial charge in [-0.25, -0.2) is 0 Å². The maximum absolute atomic E-state index is 12.3. The highest BCUT2D eigenvalue weighted by Gasteiger charge is 2.12. The maximum atomic E-state index is 12.3. The van der Waals surface area contributed by atoms with E-state index in [-0.39, 0.29) is 24.4 Å². The Balaban J connectivity index is 1.86. The summed E-state index contributed by atoms with van der Waals surface area (Å²) in [5.41, 5.74) is 2.45. The van der Waals surface area contributed by atoms with E-state index in [1.807, 2.05) is 51.1 Å². The van der Waals surface area contributed by atoms with Crippen LogP contribution in [-0.4, -0.2) is 36.3 Å². The fraction of sp³-hybridized carbons (Fsp3) is 0.333. The SMILES string of the molecule is CCN(CC)C(=O)c1ccc(NC(=O)CN[C@@H](C)c2ccccc2)cc1. The molecule has 2 N–H and O–H groups in total. The molecule has 0 aromatic heterocycles. The van der Waals surface area contributed by atoms with Crippen molar-refractivity contribution < 1.29 is 9.59 Å². The van der Waals surface area contributed by atoms with Crippen molar-refractivity contribution in [1.82, 2.24) is 10.2 Å². The second-order valence-corrected chi connectivity index (χ2v) is 6.12. The number of carbonyl (C=O) groups excluding carboxylic acids is 2. The summed E-state index contributed by atoms with van der Waals surface area (Å²) in [6.07, 6.45) is 0. The molecule has 5 nitrogen and oxygen atoms in total. The van der Waals surface area contributed by atoms with Crippen LogP contribution in [0.3, 0.4) is 0 Å². The average Bonchev–Trinajstić information content (AvgIpc) is 2.68. The van der Waals surface area contributed by atoms with Gasteiger partial charge in [-0.15, -0.1) is 0 Å². The minimum absolute atomic E-state index is 0.00577. The summed E-state index contributed by atoms with van der Waals surface area (Å²) in [5.74, 6) is -0.109. The second-order valence-electron chi connectivity index (χ2n) is 6.12. The van der Waals surface area contributed by atoms with E-state index in [0.29, 0.717) is 24.3 Å². The van der Waals surface area contributed by atoms with E-state index >= 15 is 0 Å². The van der Waals surface area contributed by atoms with Gasteiger partial charge in [-0.2, -0.15) is 0 Å². The first-order chi connectivity index (χ1) is 12.5. The van der Waals surface area contributed by atoms with Crippen molar-refractivity contribution in [2.75, 3.05) is 25.0 Å². The summed E-state index contributed by atoms with van der Waals surface area (Å²) in [6, 6.07) is 17.1. The van der Waals surface area contributed by atoms with Gasteiger partial charge in [0.25, 0.3) is 5.91 Å². The van der Waals surface area contributed by atoms with Crippen molar-refractivity contribution in [3.8, 4) is 0 Å². The first-order valence-corrected chi connectivity index (χ1v) is 9.02. The Bertz CT molecular complexity index is 710. The fourth-order valence-corrected chi connectivity index (χ4v) is 2.70. The molecule has 0 aliphatic rings. The molecular weight excluding hydrogens is 326 g/mol. The second kappa shape index (κ2) is 9.73. The fourth-order valence-electron chi connectivity index (χ4n) is 2.70. The van der Waals surface area contributed by atoms with Gasteiger partial charge in [0, 0.05) is 30.4 Å². The molecule has 2 aromatic carbocycles. The topological polar surface area (TPSA) is 61.4 Å². The molecule has 26 heavy (non-hydrogen) atoms. The van der Waals surface area contributed by atoms with Crippen LogP contribution in [0, 0.1) is 0 Å². The number of hydrogen-bond acceptors (Lipinski definition) is 3. The van der Waals surface area contributed by atoms with Crippen molar-refractivity contribution in [3.05, 3.63) is 65.7 Å². The maximum Gasteiger partial charge on any atom is 0.253 e. The van der Waals surface area contributed by atoms with Gasteiger partial charge >= 0.3 is 0 Å². The van der Waals surface area contributed by atoms with Gasteiger partial charge < -0.3 is 15.5 Å². The smallest absolute Gasteiger partial charge is 0.253 e. The van der Waals surface area contributed by atoms with E-state index in [9.17, 15) is 9.59 Å². The van der Waals surface area contributed by atoms with Crippen LogP contribution in [0.2, 0.25) is 0 Å². The summed E-state index contributed by atoms with van der Waals surface area (Å²) < 4.78 is 0. The van der Waals surface area contributed by atoms with Crippen LogP contribution in [0.5, 0.6) is 0 Å². The van der Waals surface area contributed by atoms with Crippen LogP contribution in [0.15, 0.2) is 54.6 Å². The summed E-state index contributed by atoms with van der Waals surface area (Å²) in [6.45, 7) is 7.52. The lowest BCUT2D eigenvalue weighted by Gasteiger charge is -2.18. The number of nitrogens with zero attached hydrogens (tertiary/aromatic N) is 1. The molecule has 0 aliphatic carbocycles. The highest BCUT2D eigenvalue weighted by atomic mass is 16.2. The zero-order valence-electron chi connectivity index (χ0n) is 15.7. The molecule has 0 heterocycles. The third-order valence-corrected chi connectivity index (χ3v) is 4.33. The van der Waals surface area contributed by atoms with E-state index in [1.54, 1.807) is 29.2 Å². The minimum Gasteiger partial charge on any atom is -0.339 e. The van der Waals surface area contributed by atoms with Gasteiger partial charge in [0.1, 0.15) is 0 Å². The molecule has 138 valence electrons. The summed E-state index contributed by atoms with van der Waals surface area (Å²) in [5, 5.41) is 6.05. The Hall–Kier alpha value is -2.66. The number of anilines is 1. The lowest BCUT2D eigenvalue weighted by atomic mass is 10.1. The largest absolute Gasteiger partial charge is 0.339 e. The van der Waals surface area contributed by atoms with Crippen molar-refractivity contribution in [1.29, 1.82) is 0 Å². The predicted octanol–water partition coefficient (Wildman–Crippen LogP) is 3.46. The minimum atomic E-state index is -0.115. The Morgan fingerprint density at radius 3 is 2.15 bits per heavy atom. The normalized spacial score (nSPS) is 11.7. The third kappa shape index (κ3) is 5.43. The summed E-state index contributed by atoms with van der Waals surface area (Å²) in [4.78, 5) is 26.2. The third-order valence-electron chi connectivity index (χ3n) is 4.33. The molecule has 0 unspecified atom stereocenters. The van der Waals surface area contributed by atoms with Crippen molar-refractivity contribution >= 4 is 17.5 Å². The Morgan fingerprint density at radius 1 is 0.962 bits per heavy atom. The lowest BCUT2D eigenvalue weighted by molar-refractivity contribution is -0.115.